The van der Waals surface area contributed by atoms with Crippen molar-refractivity contribution in [1.82, 2.24) is 0 Å². The lowest BCUT2D eigenvalue weighted by molar-refractivity contribution is -0.231. The van der Waals surface area contributed by atoms with E-state index in [1.807, 2.05) is 13.8 Å². The SMILES string of the molecule is COC[C@@H](OC)[C@@H]1O[C@@H]2OC(C)(C)O[C@@H]2[C@H]1OC. The van der Waals surface area contributed by atoms with Gasteiger partial charge in [-0.2, -0.15) is 0 Å². The van der Waals surface area contributed by atoms with Gasteiger partial charge in [0.15, 0.2) is 12.1 Å². The van der Waals surface area contributed by atoms with Crippen molar-refractivity contribution in [2.75, 3.05) is 27.9 Å². The Morgan fingerprint density at radius 1 is 1.17 bits per heavy atom. The first kappa shape index (κ1) is 14.2. The molecule has 0 aromatic heterocycles. The van der Waals surface area contributed by atoms with Crippen molar-refractivity contribution in [3.63, 3.8) is 0 Å². The second-order valence-electron chi connectivity index (χ2n) is 5.00. The van der Waals surface area contributed by atoms with Crippen molar-refractivity contribution in [2.24, 2.45) is 0 Å². The van der Waals surface area contributed by atoms with Crippen LogP contribution in [0.3, 0.4) is 0 Å². The van der Waals surface area contributed by atoms with E-state index in [1.165, 1.54) is 0 Å². The van der Waals surface area contributed by atoms with E-state index in [9.17, 15) is 0 Å². The number of hydrogen-bond donors (Lipinski definition) is 0. The predicted molar refractivity (Wildman–Crippen MR) is 62.2 cm³/mol. The van der Waals surface area contributed by atoms with E-state index in [0.29, 0.717) is 6.61 Å². The molecule has 0 aromatic rings. The zero-order valence-corrected chi connectivity index (χ0v) is 11.5. The zero-order chi connectivity index (χ0) is 13.3. The molecule has 2 fully saturated rings. The van der Waals surface area contributed by atoms with Crippen LogP contribution in [0.2, 0.25) is 0 Å². The van der Waals surface area contributed by atoms with Crippen LogP contribution in [-0.2, 0) is 28.4 Å². The number of rotatable bonds is 5. The van der Waals surface area contributed by atoms with Gasteiger partial charge >= 0.3 is 0 Å². The lowest BCUT2D eigenvalue weighted by Crippen LogP contribution is -2.44. The molecule has 5 atom stereocenters. The van der Waals surface area contributed by atoms with E-state index in [4.69, 9.17) is 28.4 Å². The fraction of sp³-hybridized carbons (Fsp3) is 1.00. The maximum absolute atomic E-state index is 5.85. The van der Waals surface area contributed by atoms with Crippen LogP contribution < -0.4 is 0 Å². The Balaban J connectivity index is 2.08. The van der Waals surface area contributed by atoms with Crippen molar-refractivity contribution in [1.29, 1.82) is 0 Å². The fourth-order valence-electron chi connectivity index (χ4n) is 2.53. The Hall–Kier alpha value is -0.240. The van der Waals surface area contributed by atoms with E-state index in [0.717, 1.165) is 0 Å². The van der Waals surface area contributed by atoms with Gasteiger partial charge in [0, 0.05) is 21.3 Å². The minimum absolute atomic E-state index is 0.208. The highest BCUT2D eigenvalue weighted by Gasteiger charge is 2.56. The highest BCUT2D eigenvalue weighted by Crippen LogP contribution is 2.39. The molecule has 2 aliphatic rings. The average Bonchev–Trinajstić information content (AvgIpc) is 2.77. The standard InChI is InChI=1S/C12H22O6/c1-12(2)17-10-9(15-5)8(16-11(10)18-12)7(14-4)6-13-3/h7-11H,6H2,1-5H3/t7-,8+,9+,10-,11-/m1/s1. The Bertz CT molecular complexity index is 282. The van der Waals surface area contributed by atoms with Crippen LogP contribution in [0.4, 0.5) is 0 Å². The number of methoxy groups -OCH3 is 3. The molecule has 18 heavy (non-hydrogen) atoms. The Kier molecular flexibility index (Phi) is 4.25. The van der Waals surface area contributed by atoms with Crippen LogP contribution in [0.5, 0.6) is 0 Å². The third kappa shape index (κ3) is 2.54. The van der Waals surface area contributed by atoms with E-state index in [1.54, 1.807) is 21.3 Å². The molecule has 2 heterocycles. The lowest BCUT2D eigenvalue weighted by atomic mass is 10.1. The minimum atomic E-state index is -0.638. The second kappa shape index (κ2) is 5.40. The molecule has 6 heteroatoms. The van der Waals surface area contributed by atoms with Crippen molar-refractivity contribution in [2.45, 2.75) is 50.3 Å². The summed E-state index contributed by atoms with van der Waals surface area (Å²) in [6.07, 6.45) is -1.34. The van der Waals surface area contributed by atoms with Gasteiger partial charge in [-0.1, -0.05) is 0 Å². The van der Waals surface area contributed by atoms with Gasteiger partial charge in [0.25, 0.3) is 0 Å². The molecule has 2 rings (SSSR count). The lowest BCUT2D eigenvalue weighted by Gasteiger charge is -2.29. The molecule has 0 aliphatic carbocycles. The number of hydrogen-bond acceptors (Lipinski definition) is 6. The smallest absolute Gasteiger partial charge is 0.190 e. The molecule has 2 aliphatic heterocycles. The molecule has 2 saturated heterocycles. The maximum atomic E-state index is 5.85. The van der Waals surface area contributed by atoms with Crippen molar-refractivity contribution in [3.8, 4) is 0 Å². The summed E-state index contributed by atoms with van der Waals surface area (Å²) in [6.45, 7) is 4.16. The molecule has 0 saturated carbocycles. The van der Waals surface area contributed by atoms with Gasteiger partial charge < -0.3 is 28.4 Å². The van der Waals surface area contributed by atoms with Crippen LogP contribution in [0.1, 0.15) is 13.8 Å². The van der Waals surface area contributed by atoms with Gasteiger partial charge in [0.2, 0.25) is 0 Å². The van der Waals surface area contributed by atoms with E-state index >= 15 is 0 Å². The summed E-state index contributed by atoms with van der Waals surface area (Å²) in [5, 5.41) is 0. The first-order valence-corrected chi connectivity index (χ1v) is 6.08. The molecule has 0 N–H and O–H groups in total. The topological polar surface area (TPSA) is 55.4 Å². The second-order valence-corrected chi connectivity index (χ2v) is 5.00. The largest absolute Gasteiger partial charge is 0.382 e. The molecular weight excluding hydrogens is 240 g/mol. The van der Waals surface area contributed by atoms with Crippen LogP contribution in [0.15, 0.2) is 0 Å². The molecule has 6 nitrogen and oxygen atoms in total. The van der Waals surface area contributed by atoms with Gasteiger partial charge in [-0.05, 0) is 13.8 Å². The van der Waals surface area contributed by atoms with Crippen LogP contribution in [-0.4, -0.2) is 64.4 Å². The highest BCUT2D eigenvalue weighted by atomic mass is 16.8. The molecule has 0 radical (unpaired) electrons. The third-order valence-electron chi connectivity index (χ3n) is 3.30. The summed E-state index contributed by atoms with van der Waals surface area (Å²) in [5.41, 5.74) is 0. The molecule has 0 aromatic carbocycles. The Morgan fingerprint density at radius 3 is 2.44 bits per heavy atom. The fourth-order valence-corrected chi connectivity index (χ4v) is 2.53. The third-order valence-corrected chi connectivity index (χ3v) is 3.30. The van der Waals surface area contributed by atoms with Gasteiger partial charge in [-0.25, -0.2) is 0 Å². The van der Waals surface area contributed by atoms with E-state index in [-0.39, 0.29) is 24.4 Å². The quantitative estimate of drug-likeness (QED) is 0.721. The number of ether oxygens (including phenoxy) is 6. The zero-order valence-electron chi connectivity index (χ0n) is 11.5. The Labute approximate surface area is 107 Å². The molecule has 0 unspecified atom stereocenters. The summed E-state index contributed by atoms with van der Waals surface area (Å²) >= 11 is 0. The molecule has 106 valence electrons. The van der Waals surface area contributed by atoms with Gasteiger partial charge in [0.1, 0.15) is 24.4 Å². The predicted octanol–water partition coefficient (Wildman–Crippen LogP) is 0.539. The summed E-state index contributed by atoms with van der Waals surface area (Å²) < 4.78 is 33.3. The number of fused-ring (bicyclic) bond motifs is 1. The van der Waals surface area contributed by atoms with Crippen molar-refractivity contribution < 1.29 is 28.4 Å². The van der Waals surface area contributed by atoms with Crippen molar-refractivity contribution in [3.05, 3.63) is 0 Å². The van der Waals surface area contributed by atoms with Crippen LogP contribution in [0.25, 0.3) is 0 Å². The summed E-state index contributed by atoms with van der Waals surface area (Å²) in [6, 6.07) is 0. The maximum Gasteiger partial charge on any atom is 0.190 e. The van der Waals surface area contributed by atoms with E-state index in [2.05, 4.69) is 0 Å². The van der Waals surface area contributed by atoms with Crippen LogP contribution in [0, 0.1) is 0 Å². The minimum Gasteiger partial charge on any atom is -0.382 e. The summed E-state index contributed by atoms with van der Waals surface area (Å²) in [7, 11) is 4.89. The van der Waals surface area contributed by atoms with Gasteiger partial charge in [0.05, 0.1) is 6.61 Å². The molecular formula is C12H22O6. The molecule has 0 spiro atoms. The molecule has 0 bridgehead atoms. The van der Waals surface area contributed by atoms with Crippen LogP contribution >= 0.6 is 0 Å². The Morgan fingerprint density at radius 2 is 1.89 bits per heavy atom. The van der Waals surface area contributed by atoms with Gasteiger partial charge in [-0.3, -0.25) is 0 Å². The normalized spacial score (nSPS) is 39.8. The van der Waals surface area contributed by atoms with Gasteiger partial charge in [-0.15, -0.1) is 0 Å². The molecule has 0 amide bonds. The summed E-state index contributed by atoms with van der Waals surface area (Å²) in [5.74, 6) is -0.638. The first-order chi connectivity index (χ1) is 8.52. The summed E-state index contributed by atoms with van der Waals surface area (Å²) in [4.78, 5) is 0. The average molecular weight is 262 g/mol. The van der Waals surface area contributed by atoms with Crippen molar-refractivity contribution >= 4 is 0 Å². The first-order valence-electron chi connectivity index (χ1n) is 6.08. The monoisotopic (exact) mass is 262 g/mol. The van der Waals surface area contributed by atoms with E-state index < -0.39 is 12.1 Å². The highest BCUT2D eigenvalue weighted by molar-refractivity contribution is 4.97.